The summed E-state index contributed by atoms with van der Waals surface area (Å²) in [5, 5.41) is 2.55. The van der Waals surface area contributed by atoms with Crippen molar-refractivity contribution in [2.75, 3.05) is 7.11 Å². The van der Waals surface area contributed by atoms with Crippen LogP contribution in [-0.2, 0) is 0 Å². The van der Waals surface area contributed by atoms with Crippen molar-refractivity contribution >= 4 is 21.8 Å². The van der Waals surface area contributed by atoms with E-state index in [9.17, 15) is 0 Å². The van der Waals surface area contributed by atoms with E-state index in [4.69, 9.17) is 4.74 Å². The largest absolute Gasteiger partial charge is 0.497 e. The van der Waals surface area contributed by atoms with Crippen molar-refractivity contribution in [1.82, 2.24) is 4.57 Å². The fourth-order valence-electron chi connectivity index (χ4n) is 3.18. The molecular weight excluding hydrogens is 270 g/mol. The smallest absolute Gasteiger partial charge is 0.121 e. The first-order chi connectivity index (χ1) is 10.8. The molecule has 0 radical (unpaired) electrons. The van der Waals surface area contributed by atoms with Gasteiger partial charge in [0.2, 0.25) is 0 Å². The summed E-state index contributed by atoms with van der Waals surface area (Å²) in [6.45, 7) is 2.10. The molecule has 22 heavy (non-hydrogen) atoms. The zero-order valence-corrected chi connectivity index (χ0v) is 12.7. The lowest BCUT2D eigenvalue weighted by atomic mass is 10.2. The van der Waals surface area contributed by atoms with Gasteiger partial charge in [0, 0.05) is 16.8 Å². The molecule has 2 nitrogen and oxygen atoms in total. The second-order valence-electron chi connectivity index (χ2n) is 5.58. The van der Waals surface area contributed by atoms with Crippen molar-refractivity contribution in [2.24, 2.45) is 0 Å². The molecule has 4 aromatic rings. The molecule has 4 rings (SSSR count). The summed E-state index contributed by atoms with van der Waals surface area (Å²) in [7, 11) is 1.71. The van der Waals surface area contributed by atoms with Gasteiger partial charge in [-0.1, -0.05) is 36.4 Å². The van der Waals surface area contributed by atoms with Crippen molar-refractivity contribution in [3.63, 3.8) is 0 Å². The minimum atomic E-state index is 0.886. The zero-order valence-electron chi connectivity index (χ0n) is 12.7. The number of aromatic nitrogens is 1. The molecule has 0 aliphatic heterocycles. The molecule has 2 heteroatoms. The summed E-state index contributed by atoms with van der Waals surface area (Å²) in [5.74, 6) is 0.886. The molecule has 1 heterocycles. The number of methoxy groups -OCH3 is 1. The van der Waals surface area contributed by atoms with Crippen LogP contribution in [0.5, 0.6) is 5.75 Å². The second-order valence-corrected chi connectivity index (χ2v) is 5.58. The predicted octanol–water partition coefficient (Wildman–Crippen LogP) is 5.10. The molecule has 0 N–H and O–H groups in total. The number of fused-ring (bicyclic) bond motifs is 3. The van der Waals surface area contributed by atoms with Gasteiger partial charge in [0.25, 0.3) is 0 Å². The Kier molecular flexibility index (Phi) is 2.90. The van der Waals surface area contributed by atoms with Gasteiger partial charge in [0.05, 0.1) is 23.8 Å². The maximum atomic E-state index is 5.44. The highest BCUT2D eigenvalue weighted by Gasteiger charge is 2.12. The van der Waals surface area contributed by atoms with Gasteiger partial charge in [0.15, 0.2) is 0 Å². The monoisotopic (exact) mass is 287 g/mol. The number of aryl methyl sites for hydroxylation is 1. The molecule has 108 valence electrons. The summed E-state index contributed by atoms with van der Waals surface area (Å²) >= 11 is 0. The average Bonchev–Trinajstić information content (AvgIpc) is 2.89. The highest BCUT2D eigenvalue weighted by molar-refractivity contribution is 6.09. The summed E-state index contributed by atoms with van der Waals surface area (Å²) in [6, 6.07) is 23.4. The summed E-state index contributed by atoms with van der Waals surface area (Å²) in [5.41, 5.74) is 4.76. The number of nitrogens with zero attached hydrogens (tertiary/aromatic N) is 1. The van der Waals surface area contributed by atoms with Crippen molar-refractivity contribution in [3.8, 4) is 11.4 Å². The third kappa shape index (κ3) is 1.88. The Morgan fingerprint density at radius 3 is 1.95 bits per heavy atom. The van der Waals surface area contributed by atoms with E-state index in [0.717, 1.165) is 11.4 Å². The summed E-state index contributed by atoms with van der Waals surface area (Å²) in [6.07, 6.45) is 0. The SMILES string of the molecule is COc1cc(C)cc(-n2c3ccccc3c3ccccc32)c1. The van der Waals surface area contributed by atoms with Crippen LogP contribution in [0.15, 0.2) is 66.7 Å². The van der Waals surface area contributed by atoms with Crippen LogP contribution in [0.3, 0.4) is 0 Å². The maximum absolute atomic E-state index is 5.44. The van der Waals surface area contributed by atoms with Crippen LogP contribution in [-0.4, -0.2) is 11.7 Å². The molecule has 0 aliphatic rings. The Hall–Kier alpha value is -2.74. The van der Waals surface area contributed by atoms with Gasteiger partial charge in [-0.15, -0.1) is 0 Å². The van der Waals surface area contributed by atoms with Crippen LogP contribution >= 0.6 is 0 Å². The van der Waals surface area contributed by atoms with E-state index in [1.807, 2.05) is 0 Å². The topological polar surface area (TPSA) is 14.2 Å². The van der Waals surface area contributed by atoms with Gasteiger partial charge < -0.3 is 9.30 Å². The average molecular weight is 287 g/mol. The van der Waals surface area contributed by atoms with E-state index in [2.05, 4.69) is 78.2 Å². The van der Waals surface area contributed by atoms with Crippen molar-refractivity contribution < 1.29 is 4.74 Å². The maximum Gasteiger partial charge on any atom is 0.121 e. The fourth-order valence-corrected chi connectivity index (χ4v) is 3.18. The van der Waals surface area contributed by atoms with Crippen LogP contribution in [0.2, 0.25) is 0 Å². The van der Waals surface area contributed by atoms with Crippen molar-refractivity contribution in [3.05, 3.63) is 72.3 Å². The number of benzene rings is 3. The molecule has 0 fully saturated rings. The molecular formula is C20H17NO. The molecule has 0 amide bonds. The Morgan fingerprint density at radius 2 is 1.36 bits per heavy atom. The fraction of sp³-hybridized carbons (Fsp3) is 0.100. The molecule has 0 bridgehead atoms. The van der Waals surface area contributed by atoms with Crippen molar-refractivity contribution in [2.45, 2.75) is 6.92 Å². The number of para-hydroxylation sites is 2. The summed E-state index contributed by atoms with van der Waals surface area (Å²) in [4.78, 5) is 0. The van der Waals surface area contributed by atoms with Gasteiger partial charge in [-0.05, 0) is 36.8 Å². The molecule has 1 aromatic heterocycles. The number of hydrogen-bond donors (Lipinski definition) is 0. The van der Waals surface area contributed by atoms with E-state index in [1.54, 1.807) is 7.11 Å². The molecule has 0 spiro atoms. The Balaban J connectivity index is 2.15. The van der Waals surface area contributed by atoms with Crippen LogP contribution < -0.4 is 4.74 Å². The summed E-state index contributed by atoms with van der Waals surface area (Å²) < 4.78 is 7.75. The third-order valence-corrected chi connectivity index (χ3v) is 4.11. The lowest BCUT2D eigenvalue weighted by molar-refractivity contribution is 0.414. The lowest BCUT2D eigenvalue weighted by Gasteiger charge is -2.11. The highest BCUT2D eigenvalue weighted by Crippen LogP contribution is 2.33. The first-order valence-corrected chi connectivity index (χ1v) is 7.42. The van der Waals surface area contributed by atoms with E-state index in [-0.39, 0.29) is 0 Å². The third-order valence-electron chi connectivity index (χ3n) is 4.11. The Morgan fingerprint density at radius 1 is 0.773 bits per heavy atom. The molecule has 0 atom stereocenters. The lowest BCUT2D eigenvalue weighted by Crippen LogP contribution is -1.95. The number of hydrogen-bond acceptors (Lipinski definition) is 1. The molecule has 0 unspecified atom stereocenters. The zero-order chi connectivity index (χ0) is 15.1. The number of ether oxygens (including phenoxy) is 1. The normalized spacial score (nSPS) is 11.2. The number of rotatable bonds is 2. The highest BCUT2D eigenvalue weighted by atomic mass is 16.5. The van der Waals surface area contributed by atoms with Gasteiger partial charge in [-0.2, -0.15) is 0 Å². The van der Waals surface area contributed by atoms with Gasteiger partial charge in [-0.25, -0.2) is 0 Å². The molecule has 0 aliphatic carbocycles. The second kappa shape index (κ2) is 4.92. The van der Waals surface area contributed by atoms with E-state index in [0.29, 0.717) is 0 Å². The van der Waals surface area contributed by atoms with Crippen LogP contribution in [0.25, 0.3) is 27.5 Å². The van der Waals surface area contributed by atoms with Crippen LogP contribution in [0, 0.1) is 6.92 Å². The van der Waals surface area contributed by atoms with Gasteiger partial charge in [-0.3, -0.25) is 0 Å². The first-order valence-electron chi connectivity index (χ1n) is 7.42. The minimum absolute atomic E-state index is 0.886. The van der Waals surface area contributed by atoms with E-state index in [1.165, 1.54) is 27.4 Å². The minimum Gasteiger partial charge on any atom is -0.497 e. The molecule has 0 saturated carbocycles. The van der Waals surface area contributed by atoms with Gasteiger partial charge >= 0.3 is 0 Å². The van der Waals surface area contributed by atoms with Gasteiger partial charge in [0.1, 0.15) is 5.75 Å². The Bertz CT molecular complexity index is 928. The molecule has 0 saturated heterocycles. The van der Waals surface area contributed by atoms with Crippen molar-refractivity contribution in [1.29, 1.82) is 0 Å². The first kappa shape index (κ1) is 13.0. The quantitative estimate of drug-likeness (QED) is 0.500. The van der Waals surface area contributed by atoms with Crippen LogP contribution in [0.4, 0.5) is 0 Å². The Labute approximate surface area is 129 Å². The molecule has 3 aromatic carbocycles. The van der Waals surface area contributed by atoms with Crippen LogP contribution in [0.1, 0.15) is 5.56 Å². The standard InChI is InChI=1S/C20H17NO/c1-14-11-15(13-16(12-14)22-2)21-19-9-5-3-7-17(19)18-8-4-6-10-20(18)21/h3-13H,1-2H3. The van der Waals surface area contributed by atoms with E-state index < -0.39 is 0 Å². The predicted molar refractivity (Wildman–Crippen MR) is 92.1 cm³/mol. The van der Waals surface area contributed by atoms with E-state index >= 15 is 0 Å².